The minimum absolute atomic E-state index is 0.0819. The Morgan fingerprint density at radius 2 is 2.04 bits per heavy atom. The molecule has 0 bridgehead atoms. The Morgan fingerprint density at radius 1 is 1.38 bits per heavy atom. The Bertz CT molecular complexity index is 950. The number of H-pyrrole nitrogens is 1. The number of aromatic nitrogens is 2. The summed E-state index contributed by atoms with van der Waals surface area (Å²) in [7, 11) is 0. The third kappa shape index (κ3) is 2.83. The number of nitro benzene ring substituents is 1. The summed E-state index contributed by atoms with van der Waals surface area (Å²) < 4.78 is 6.96. The molecule has 2 aromatic rings. The number of hydrogen-bond donors (Lipinski definition) is 3. The van der Waals surface area contributed by atoms with Crippen molar-refractivity contribution < 1.29 is 19.9 Å². The van der Waals surface area contributed by atoms with Crippen LogP contribution in [0.5, 0.6) is 0 Å². The summed E-state index contributed by atoms with van der Waals surface area (Å²) >= 11 is 0. The summed E-state index contributed by atoms with van der Waals surface area (Å²) in [6.45, 7) is 1.03. The van der Waals surface area contributed by atoms with Gasteiger partial charge in [-0.05, 0) is 19.1 Å². The van der Waals surface area contributed by atoms with E-state index in [0.717, 1.165) is 4.57 Å². The molecule has 138 valence electrons. The molecule has 0 amide bonds. The quantitative estimate of drug-likeness (QED) is 0.494. The van der Waals surface area contributed by atoms with Gasteiger partial charge in [0.2, 0.25) is 0 Å². The van der Waals surface area contributed by atoms with Crippen LogP contribution in [0.1, 0.15) is 17.5 Å². The summed E-state index contributed by atoms with van der Waals surface area (Å²) in [5.41, 5.74) is -2.37. The number of nitrogens with zero attached hydrogens (tertiary/aromatic N) is 2. The monoisotopic (exact) mass is 363 g/mol. The van der Waals surface area contributed by atoms with Crippen LogP contribution < -0.4 is 11.2 Å². The van der Waals surface area contributed by atoms with Crippen molar-refractivity contribution >= 4 is 5.69 Å². The van der Waals surface area contributed by atoms with Gasteiger partial charge in [-0.25, -0.2) is 4.79 Å². The van der Waals surface area contributed by atoms with Gasteiger partial charge in [0.15, 0.2) is 5.72 Å². The van der Waals surface area contributed by atoms with Gasteiger partial charge in [0.1, 0.15) is 6.10 Å². The number of benzene rings is 1. The predicted octanol–water partition coefficient (Wildman–Crippen LogP) is -0.404. The molecule has 1 aliphatic heterocycles. The lowest BCUT2D eigenvalue weighted by Gasteiger charge is -2.31. The van der Waals surface area contributed by atoms with E-state index >= 15 is 0 Å². The smallest absolute Gasteiger partial charge is 0.330 e. The number of aryl methyl sites for hydroxylation is 1. The zero-order valence-electron chi connectivity index (χ0n) is 13.8. The van der Waals surface area contributed by atoms with Gasteiger partial charge in [-0.15, -0.1) is 0 Å². The second-order valence-electron chi connectivity index (χ2n) is 6.14. The molecule has 0 aliphatic carbocycles. The van der Waals surface area contributed by atoms with Gasteiger partial charge in [-0.3, -0.25) is 24.5 Å². The number of nitrogens with one attached hydrogen (secondary N) is 1. The molecule has 10 nitrogen and oxygen atoms in total. The first-order valence-electron chi connectivity index (χ1n) is 7.83. The van der Waals surface area contributed by atoms with E-state index in [1.54, 1.807) is 0 Å². The molecule has 0 saturated carbocycles. The largest absolute Gasteiger partial charge is 0.394 e. The van der Waals surface area contributed by atoms with E-state index in [9.17, 15) is 29.9 Å². The fourth-order valence-electron chi connectivity index (χ4n) is 3.11. The first-order chi connectivity index (χ1) is 12.3. The number of aliphatic hydroxyl groups excluding tert-OH is 2. The van der Waals surface area contributed by atoms with Crippen LogP contribution >= 0.6 is 0 Å². The van der Waals surface area contributed by atoms with Crippen LogP contribution in [0.25, 0.3) is 0 Å². The van der Waals surface area contributed by atoms with E-state index in [1.807, 2.05) is 0 Å². The van der Waals surface area contributed by atoms with Crippen LogP contribution in [0.2, 0.25) is 0 Å². The summed E-state index contributed by atoms with van der Waals surface area (Å²) in [6.07, 6.45) is -0.810. The van der Waals surface area contributed by atoms with Crippen LogP contribution in [0, 0.1) is 17.0 Å². The van der Waals surface area contributed by atoms with Crippen LogP contribution in [-0.2, 0) is 10.5 Å². The molecule has 0 spiro atoms. The maximum Gasteiger partial charge on any atom is 0.330 e. The van der Waals surface area contributed by atoms with Crippen molar-refractivity contribution in [1.29, 1.82) is 0 Å². The molecule has 0 radical (unpaired) electrons. The Morgan fingerprint density at radius 3 is 2.58 bits per heavy atom. The second-order valence-corrected chi connectivity index (χ2v) is 6.14. The highest BCUT2D eigenvalue weighted by atomic mass is 16.6. The van der Waals surface area contributed by atoms with Crippen molar-refractivity contribution in [2.45, 2.75) is 31.3 Å². The summed E-state index contributed by atoms with van der Waals surface area (Å²) in [5.74, 6) is 0. The standard InChI is InChI=1S/C16H17N3O7/c1-9-7-18(15(23)17-14(9)22)16(6-12(21)13(8-20)26-16)10-2-4-11(5-3-10)19(24)25/h2-5,7,12-13,20-21H,6,8H2,1H3,(H,17,22,23)/t12-,13+,16-/m0/s1. The Labute approximate surface area is 146 Å². The van der Waals surface area contributed by atoms with E-state index in [4.69, 9.17) is 4.74 Å². The SMILES string of the molecule is Cc1cn([C@@]2(c3ccc([N+](=O)[O-])cc3)C[C@H](O)[C@@H](CO)O2)c(=O)[nH]c1=O. The van der Waals surface area contributed by atoms with Crippen molar-refractivity contribution in [3.8, 4) is 0 Å². The summed E-state index contributed by atoms with van der Waals surface area (Å²) in [4.78, 5) is 36.6. The molecule has 1 aromatic heterocycles. The molecule has 1 fully saturated rings. The Balaban J connectivity index is 2.22. The average Bonchev–Trinajstić information content (AvgIpc) is 2.95. The van der Waals surface area contributed by atoms with E-state index < -0.39 is 40.7 Å². The van der Waals surface area contributed by atoms with Crippen LogP contribution in [0.3, 0.4) is 0 Å². The third-order valence-electron chi connectivity index (χ3n) is 4.48. The lowest BCUT2D eigenvalue weighted by atomic mass is 9.97. The maximum atomic E-state index is 12.4. The molecule has 26 heavy (non-hydrogen) atoms. The number of hydrogen-bond acceptors (Lipinski definition) is 7. The first kappa shape index (κ1) is 18.0. The highest BCUT2D eigenvalue weighted by Gasteiger charge is 2.49. The molecule has 3 N–H and O–H groups in total. The van der Waals surface area contributed by atoms with Gasteiger partial charge in [0.05, 0.1) is 17.6 Å². The van der Waals surface area contributed by atoms with Crippen molar-refractivity contribution in [2.24, 2.45) is 0 Å². The maximum absolute atomic E-state index is 12.4. The molecule has 2 heterocycles. The zero-order chi connectivity index (χ0) is 19.1. The van der Waals surface area contributed by atoms with Crippen molar-refractivity contribution in [3.05, 3.63) is 72.5 Å². The Kier molecular flexibility index (Phi) is 4.48. The molecule has 10 heteroatoms. The fourth-order valence-corrected chi connectivity index (χ4v) is 3.11. The highest BCUT2D eigenvalue weighted by Crippen LogP contribution is 2.40. The topological polar surface area (TPSA) is 148 Å². The number of non-ortho nitro benzene ring substituents is 1. The number of rotatable bonds is 4. The lowest BCUT2D eigenvalue weighted by molar-refractivity contribution is -0.384. The van der Waals surface area contributed by atoms with Crippen molar-refractivity contribution in [3.63, 3.8) is 0 Å². The number of nitro groups is 1. The van der Waals surface area contributed by atoms with Gasteiger partial charge >= 0.3 is 5.69 Å². The number of ether oxygens (including phenoxy) is 1. The molecule has 1 saturated heterocycles. The molecule has 1 aromatic carbocycles. The minimum atomic E-state index is -1.52. The Hall–Kier alpha value is -2.82. The second kappa shape index (κ2) is 6.48. The summed E-state index contributed by atoms with van der Waals surface area (Å²) in [6, 6.07) is 5.33. The molecular weight excluding hydrogens is 346 g/mol. The van der Waals surface area contributed by atoms with Gasteiger partial charge in [-0.2, -0.15) is 0 Å². The normalized spacial score (nSPS) is 25.3. The number of aromatic amines is 1. The highest BCUT2D eigenvalue weighted by molar-refractivity contribution is 5.36. The van der Waals surface area contributed by atoms with E-state index in [2.05, 4.69) is 4.98 Å². The molecular formula is C16H17N3O7. The third-order valence-corrected chi connectivity index (χ3v) is 4.48. The molecule has 0 unspecified atom stereocenters. The van der Waals surface area contributed by atoms with Crippen LogP contribution in [0.15, 0.2) is 40.1 Å². The fraction of sp³-hybridized carbons (Fsp3) is 0.375. The van der Waals surface area contributed by atoms with Crippen LogP contribution in [0.4, 0.5) is 5.69 Å². The van der Waals surface area contributed by atoms with Gasteiger partial charge in [0, 0.05) is 35.9 Å². The van der Waals surface area contributed by atoms with Gasteiger partial charge in [-0.1, -0.05) is 0 Å². The van der Waals surface area contributed by atoms with Crippen molar-refractivity contribution in [1.82, 2.24) is 9.55 Å². The van der Waals surface area contributed by atoms with E-state index in [-0.39, 0.29) is 17.7 Å². The van der Waals surface area contributed by atoms with Crippen molar-refractivity contribution in [2.75, 3.05) is 6.61 Å². The average molecular weight is 363 g/mol. The first-order valence-corrected chi connectivity index (χ1v) is 7.83. The zero-order valence-corrected chi connectivity index (χ0v) is 13.8. The van der Waals surface area contributed by atoms with Gasteiger partial charge in [0.25, 0.3) is 11.2 Å². The number of aliphatic hydroxyl groups is 2. The molecule has 3 atom stereocenters. The predicted molar refractivity (Wildman–Crippen MR) is 88.8 cm³/mol. The summed E-state index contributed by atoms with van der Waals surface area (Å²) in [5, 5.41) is 30.5. The molecule has 3 rings (SSSR count). The van der Waals surface area contributed by atoms with Crippen LogP contribution in [-0.4, -0.2) is 43.5 Å². The van der Waals surface area contributed by atoms with E-state index in [1.165, 1.54) is 37.4 Å². The van der Waals surface area contributed by atoms with E-state index in [0.29, 0.717) is 5.56 Å². The minimum Gasteiger partial charge on any atom is -0.394 e. The lowest BCUT2D eigenvalue weighted by Crippen LogP contribution is -2.45. The molecule has 1 aliphatic rings. The van der Waals surface area contributed by atoms with Gasteiger partial charge < -0.3 is 14.9 Å².